The summed E-state index contributed by atoms with van der Waals surface area (Å²) in [6.07, 6.45) is 1.73. The van der Waals surface area contributed by atoms with Crippen LogP contribution in [0.25, 0.3) is 0 Å². The Bertz CT molecular complexity index is 631. The lowest BCUT2D eigenvalue weighted by atomic mass is 9.94. The van der Waals surface area contributed by atoms with Crippen LogP contribution in [0.2, 0.25) is 0 Å². The smallest absolute Gasteiger partial charge is 0.191 e. The lowest BCUT2D eigenvalue weighted by molar-refractivity contribution is 0.245. The molecular weight excluding hydrogens is 350 g/mol. The molecule has 0 radical (unpaired) electrons. The summed E-state index contributed by atoms with van der Waals surface area (Å²) in [5.41, 5.74) is 0. The molecule has 0 aliphatic heterocycles. The molecule has 1 aromatic rings. The van der Waals surface area contributed by atoms with E-state index in [0.717, 1.165) is 12.8 Å². The minimum atomic E-state index is -3.31. The Kier molecular flexibility index (Phi) is 10.3. The Hall–Kier alpha value is -1.60. The number of aliphatic imine (C=N–C) groups is 1. The van der Waals surface area contributed by atoms with E-state index in [0.29, 0.717) is 35.8 Å². The number of rotatable bonds is 11. The van der Waals surface area contributed by atoms with Gasteiger partial charge in [0.15, 0.2) is 15.8 Å². The first-order valence-electron chi connectivity index (χ1n) is 9.29. The Balaban J connectivity index is 2.61. The van der Waals surface area contributed by atoms with Gasteiger partial charge in [-0.1, -0.05) is 32.0 Å². The summed E-state index contributed by atoms with van der Waals surface area (Å²) in [5, 5.41) is 15.4. The zero-order chi connectivity index (χ0) is 19.4. The van der Waals surface area contributed by atoms with E-state index in [2.05, 4.69) is 29.5 Å². The van der Waals surface area contributed by atoms with Crippen LogP contribution in [-0.2, 0) is 9.84 Å². The lowest BCUT2D eigenvalue weighted by Gasteiger charge is -2.17. The molecule has 0 amide bonds. The van der Waals surface area contributed by atoms with Crippen LogP contribution < -0.4 is 10.6 Å². The Labute approximate surface area is 158 Å². The predicted molar refractivity (Wildman–Crippen MR) is 107 cm³/mol. The van der Waals surface area contributed by atoms with Crippen LogP contribution in [0, 0.1) is 11.8 Å². The maximum absolute atomic E-state index is 12.3. The highest BCUT2D eigenvalue weighted by Gasteiger charge is 2.14. The molecule has 1 atom stereocenters. The third-order valence-electron chi connectivity index (χ3n) is 3.96. The first-order chi connectivity index (χ1) is 12.4. The topological polar surface area (TPSA) is 90.8 Å². The molecular formula is C19H33N3O3S. The Morgan fingerprint density at radius 2 is 1.88 bits per heavy atom. The maximum atomic E-state index is 12.3. The second-order valence-electron chi connectivity index (χ2n) is 6.79. The van der Waals surface area contributed by atoms with Crippen molar-refractivity contribution in [3.05, 3.63) is 30.3 Å². The summed E-state index contributed by atoms with van der Waals surface area (Å²) in [7, 11) is -3.31. The average Bonchev–Trinajstić information content (AvgIpc) is 2.60. The van der Waals surface area contributed by atoms with Gasteiger partial charge in [-0.05, 0) is 43.7 Å². The molecule has 1 unspecified atom stereocenters. The number of guanidine groups is 1. The number of aliphatic hydroxyl groups is 1. The average molecular weight is 384 g/mol. The van der Waals surface area contributed by atoms with Crippen molar-refractivity contribution in [2.24, 2.45) is 16.8 Å². The number of nitrogens with zero attached hydrogens (tertiary/aromatic N) is 1. The summed E-state index contributed by atoms with van der Waals surface area (Å²) in [5.74, 6) is 1.49. The number of hydrogen-bond acceptors (Lipinski definition) is 4. The van der Waals surface area contributed by atoms with E-state index in [9.17, 15) is 13.5 Å². The van der Waals surface area contributed by atoms with Gasteiger partial charge >= 0.3 is 0 Å². The fourth-order valence-corrected chi connectivity index (χ4v) is 3.92. The predicted octanol–water partition coefficient (Wildman–Crippen LogP) is 2.06. The van der Waals surface area contributed by atoms with Crippen molar-refractivity contribution in [3.8, 4) is 0 Å². The zero-order valence-electron chi connectivity index (χ0n) is 16.1. The van der Waals surface area contributed by atoms with E-state index >= 15 is 0 Å². The van der Waals surface area contributed by atoms with E-state index in [1.165, 1.54) is 0 Å². The molecule has 6 nitrogen and oxygen atoms in total. The molecule has 1 rings (SSSR count). The summed E-state index contributed by atoms with van der Waals surface area (Å²) >= 11 is 0. The molecule has 0 saturated carbocycles. The van der Waals surface area contributed by atoms with Gasteiger partial charge in [0.25, 0.3) is 0 Å². The van der Waals surface area contributed by atoms with Gasteiger partial charge in [-0.2, -0.15) is 0 Å². The number of hydrogen-bond donors (Lipinski definition) is 3. The van der Waals surface area contributed by atoms with Crippen molar-refractivity contribution in [2.45, 2.75) is 38.5 Å². The van der Waals surface area contributed by atoms with Crippen LogP contribution in [-0.4, -0.2) is 51.5 Å². The van der Waals surface area contributed by atoms with Crippen LogP contribution in [0.5, 0.6) is 0 Å². The molecule has 0 aliphatic carbocycles. The van der Waals surface area contributed by atoms with Crippen LogP contribution in [0.4, 0.5) is 0 Å². The van der Waals surface area contributed by atoms with Crippen molar-refractivity contribution in [1.29, 1.82) is 0 Å². The molecule has 0 fully saturated rings. The Morgan fingerprint density at radius 1 is 1.19 bits per heavy atom. The Morgan fingerprint density at radius 3 is 2.46 bits per heavy atom. The summed E-state index contributed by atoms with van der Waals surface area (Å²) < 4.78 is 24.6. The first kappa shape index (κ1) is 22.4. The summed E-state index contributed by atoms with van der Waals surface area (Å²) in [4.78, 5) is 4.90. The van der Waals surface area contributed by atoms with E-state index < -0.39 is 9.84 Å². The third kappa shape index (κ3) is 8.67. The second kappa shape index (κ2) is 11.9. The van der Waals surface area contributed by atoms with Crippen molar-refractivity contribution >= 4 is 15.8 Å². The zero-order valence-corrected chi connectivity index (χ0v) is 16.9. The van der Waals surface area contributed by atoms with Crippen molar-refractivity contribution in [1.82, 2.24) is 10.6 Å². The third-order valence-corrected chi connectivity index (χ3v) is 5.69. The van der Waals surface area contributed by atoms with E-state index in [1.807, 2.05) is 6.92 Å². The van der Waals surface area contributed by atoms with Gasteiger partial charge in [-0.3, -0.25) is 4.99 Å². The molecule has 0 bridgehead atoms. The highest BCUT2D eigenvalue weighted by molar-refractivity contribution is 7.91. The van der Waals surface area contributed by atoms with E-state index in [4.69, 9.17) is 0 Å². The monoisotopic (exact) mass is 383 g/mol. The molecule has 3 N–H and O–H groups in total. The number of sulfone groups is 1. The lowest BCUT2D eigenvalue weighted by Crippen LogP contribution is -2.40. The molecule has 0 aromatic heterocycles. The molecule has 0 saturated heterocycles. The summed E-state index contributed by atoms with van der Waals surface area (Å²) in [6, 6.07) is 8.47. The highest BCUT2D eigenvalue weighted by atomic mass is 32.2. The van der Waals surface area contributed by atoms with Gasteiger partial charge in [0.05, 0.1) is 10.6 Å². The highest BCUT2D eigenvalue weighted by Crippen LogP contribution is 2.15. The van der Waals surface area contributed by atoms with Gasteiger partial charge in [-0.25, -0.2) is 8.42 Å². The SMILES string of the molecule is CCNC(=NCC(CCO)CC(C)C)NCCS(=O)(=O)c1ccccc1. The number of aliphatic hydroxyl groups excluding tert-OH is 1. The van der Waals surface area contributed by atoms with Gasteiger partial charge in [-0.15, -0.1) is 0 Å². The molecule has 1 aromatic carbocycles. The van der Waals surface area contributed by atoms with Crippen molar-refractivity contribution in [3.63, 3.8) is 0 Å². The van der Waals surface area contributed by atoms with Crippen LogP contribution in [0.1, 0.15) is 33.6 Å². The van der Waals surface area contributed by atoms with Crippen molar-refractivity contribution < 1.29 is 13.5 Å². The first-order valence-corrected chi connectivity index (χ1v) is 10.9. The normalized spacial score (nSPS) is 13.7. The second-order valence-corrected chi connectivity index (χ2v) is 8.90. The van der Waals surface area contributed by atoms with Gasteiger partial charge < -0.3 is 15.7 Å². The molecule has 7 heteroatoms. The van der Waals surface area contributed by atoms with Gasteiger partial charge in [0.1, 0.15) is 0 Å². The van der Waals surface area contributed by atoms with Gasteiger partial charge in [0.2, 0.25) is 0 Å². The standard InChI is InChI=1S/C19H33N3O3S/c1-4-20-19(22-15-17(10-12-23)14-16(2)3)21-11-13-26(24,25)18-8-6-5-7-9-18/h5-9,16-17,23H,4,10-15H2,1-3H3,(H2,20,21,22). The molecule has 0 spiro atoms. The minimum Gasteiger partial charge on any atom is -0.396 e. The number of benzene rings is 1. The quantitative estimate of drug-likeness (QED) is 0.402. The molecule has 0 heterocycles. The summed E-state index contributed by atoms with van der Waals surface area (Å²) in [6.45, 7) is 8.05. The van der Waals surface area contributed by atoms with Gasteiger partial charge in [0, 0.05) is 26.2 Å². The van der Waals surface area contributed by atoms with Crippen molar-refractivity contribution in [2.75, 3.05) is 32.0 Å². The molecule has 26 heavy (non-hydrogen) atoms. The minimum absolute atomic E-state index is 0.00743. The van der Waals surface area contributed by atoms with Crippen LogP contribution in [0.15, 0.2) is 40.2 Å². The van der Waals surface area contributed by atoms with Crippen LogP contribution >= 0.6 is 0 Å². The largest absolute Gasteiger partial charge is 0.396 e. The fraction of sp³-hybridized carbons (Fsp3) is 0.632. The molecule has 148 valence electrons. The van der Waals surface area contributed by atoms with E-state index in [-0.39, 0.29) is 18.9 Å². The van der Waals surface area contributed by atoms with E-state index in [1.54, 1.807) is 30.3 Å². The fourth-order valence-electron chi connectivity index (χ4n) is 2.74. The number of nitrogens with one attached hydrogen (secondary N) is 2. The van der Waals surface area contributed by atoms with Crippen LogP contribution in [0.3, 0.4) is 0 Å². The molecule has 0 aliphatic rings. The maximum Gasteiger partial charge on any atom is 0.191 e.